The largest absolute Gasteiger partial charge is 0.460 e. The van der Waals surface area contributed by atoms with Gasteiger partial charge in [-0.2, -0.15) is 0 Å². The number of benzene rings is 2. The lowest BCUT2D eigenvalue weighted by atomic mass is 10.0. The van der Waals surface area contributed by atoms with E-state index in [1.807, 2.05) is 0 Å². The van der Waals surface area contributed by atoms with Gasteiger partial charge in [0.15, 0.2) is 0 Å². The molecule has 1 heterocycles. The van der Waals surface area contributed by atoms with Crippen molar-refractivity contribution in [3.05, 3.63) is 60.4 Å². The normalized spacial score (nSPS) is 11.1. The van der Waals surface area contributed by atoms with Crippen molar-refractivity contribution in [2.24, 2.45) is 0 Å². The van der Waals surface area contributed by atoms with Crippen molar-refractivity contribution in [2.45, 2.75) is 19.9 Å². The van der Waals surface area contributed by atoms with Crippen LogP contribution in [0.15, 0.2) is 59.0 Å². The van der Waals surface area contributed by atoms with Gasteiger partial charge in [-0.25, -0.2) is 0 Å². The Balaban J connectivity index is 1.91. The molecule has 0 saturated heterocycles. The summed E-state index contributed by atoms with van der Waals surface area (Å²) in [5, 5.41) is 5.84. The second-order valence-corrected chi connectivity index (χ2v) is 4.97. The smallest absolute Gasteiger partial charge is 0.134 e. The second-order valence-electron chi connectivity index (χ2n) is 4.97. The molecule has 0 radical (unpaired) electrons. The fourth-order valence-electron chi connectivity index (χ4n) is 2.45. The van der Waals surface area contributed by atoms with E-state index >= 15 is 0 Å². The molecule has 1 N–H and O–H groups in total. The van der Waals surface area contributed by atoms with Gasteiger partial charge < -0.3 is 9.73 Å². The van der Waals surface area contributed by atoms with Crippen LogP contribution in [0.1, 0.15) is 19.1 Å². The van der Waals surface area contributed by atoms with E-state index in [1.54, 1.807) is 0 Å². The quantitative estimate of drug-likeness (QED) is 0.682. The minimum Gasteiger partial charge on any atom is -0.460 e. The van der Waals surface area contributed by atoms with Crippen molar-refractivity contribution < 1.29 is 4.42 Å². The van der Waals surface area contributed by atoms with Gasteiger partial charge in [0.1, 0.15) is 11.5 Å². The Labute approximate surface area is 119 Å². The van der Waals surface area contributed by atoms with E-state index in [4.69, 9.17) is 4.42 Å². The average molecular weight is 265 g/mol. The molecule has 0 bridgehead atoms. The van der Waals surface area contributed by atoms with Gasteiger partial charge in [0.2, 0.25) is 0 Å². The monoisotopic (exact) mass is 265 g/mol. The summed E-state index contributed by atoms with van der Waals surface area (Å²) in [6.45, 7) is 3.97. The van der Waals surface area contributed by atoms with E-state index in [-0.39, 0.29) is 0 Å². The maximum absolute atomic E-state index is 5.96. The minimum atomic E-state index is 0.790. The Bertz CT molecular complexity index is 694. The highest BCUT2D eigenvalue weighted by atomic mass is 16.3. The zero-order valence-electron chi connectivity index (χ0n) is 11.7. The molecule has 0 atom stereocenters. The summed E-state index contributed by atoms with van der Waals surface area (Å²) in [6, 6.07) is 18.8. The van der Waals surface area contributed by atoms with E-state index < -0.39 is 0 Å². The van der Waals surface area contributed by atoms with Gasteiger partial charge in [-0.05, 0) is 35.9 Å². The molecule has 0 aliphatic rings. The fourth-order valence-corrected chi connectivity index (χ4v) is 2.45. The first-order valence-corrected chi connectivity index (χ1v) is 7.16. The molecule has 0 aliphatic heterocycles. The third-order valence-corrected chi connectivity index (χ3v) is 3.44. The van der Waals surface area contributed by atoms with Crippen LogP contribution in [-0.4, -0.2) is 6.54 Å². The van der Waals surface area contributed by atoms with Crippen molar-refractivity contribution in [2.75, 3.05) is 6.54 Å². The molecule has 20 heavy (non-hydrogen) atoms. The topological polar surface area (TPSA) is 25.2 Å². The molecule has 0 aliphatic carbocycles. The van der Waals surface area contributed by atoms with Gasteiger partial charge in [-0.3, -0.25) is 0 Å². The SMILES string of the molecule is CCCNCc1ccc(-c2cccc3ccccc23)o1. The van der Waals surface area contributed by atoms with Crippen molar-refractivity contribution in [1.29, 1.82) is 0 Å². The van der Waals surface area contributed by atoms with Gasteiger partial charge in [0.25, 0.3) is 0 Å². The summed E-state index contributed by atoms with van der Waals surface area (Å²) >= 11 is 0. The Morgan fingerprint density at radius 3 is 2.70 bits per heavy atom. The van der Waals surface area contributed by atoms with E-state index in [1.165, 1.54) is 10.8 Å². The average Bonchev–Trinajstić information content (AvgIpc) is 2.96. The molecule has 0 fully saturated rings. The summed E-state index contributed by atoms with van der Waals surface area (Å²) in [6.07, 6.45) is 1.14. The van der Waals surface area contributed by atoms with Crippen LogP contribution >= 0.6 is 0 Å². The highest BCUT2D eigenvalue weighted by Crippen LogP contribution is 2.29. The summed E-state index contributed by atoms with van der Waals surface area (Å²) in [4.78, 5) is 0. The molecule has 0 unspecified atom stereocenters. The van der Waals surface area contributed by atoms with Crippen LogP contribution in [0.2, 0.25) is 0 Å². The molecule has 3 rings (SSSR count). The van der Waals surface area contributed by atoms with Crippen LogP contribution in [0.5, 0.6) is 0 Å². The summed E-state index contributed by atoms with van der Waals surface area (Å²) < 4.78 is 5.96. The molecule has 2 aromatic carbocycles. The number of rotatable bonds is 5. The Hall–Kier alpha value is -2.06. The van der Waals surface area contributed by atoms with Crippen LogP contribution in [0, 0.1) is 0 Å². The van der Waals surface area contributed by atoms with Crippen molar-refractivity contribution in [3.8, 4) is 11.3 Å². The van der Waals surface area contributed by atoms with Crippen LogP contribution in [-0.2, 0) is 6.54 Å². The molecule has 0 amide bonds. The lowest BCUT2D eigenvalue weighted by Crippen LogP contribution is -2.12. The highest BCUT2D eigenvalue weighted by molar-refractivity contribution is 5.95. The third-order valence-electron chi connectivity index (χ3n) is 3.44. The minimum absolute atomic E-state index is 0.790. The van der Waals surface area contributed by atoms with Gasteiger partial charge >= 0.3 is 0 Å². The van der Waals surface area contributed by atoms with Crippen LogP contribution < -0.4 is 5.32 Å². The lowest BCUT2D eigenvalue weighted by Gasteiger charge is -2.04. The number of hydrogen-bond acceptors (Lipinski definition) is 2. The first-order valence-electron chi connectivity index (χ1n) is 7.16. The van der Waals surface area contributed by atoms with Crippen LogP contribution in [0.4, 0.5) is 0 Å². The third kappa shape index (κ3) is 2.61. The maximum atomic E-state index is 5.96. The van der Waals surface area contributed by atoms with E-state index in [0.29, 0.717) is 0 Å². The van der Waals surface area contributed by atoms with E-state index in [9.17, 15) is 0 Å². The van der Waals surface area contributed by atoms with Crippen LogP contribution in [0.3, 0.4) is 0 Å². The molecular weight excluding hydrogens is 246 g/mol. The van der Waals surface area contributed by atoms with Crippen molar-refractivity contribution in [1.82, 2.24) is 5.32 Å². The molecule has 1 aromatic heterocycles. The fraction of sp³-hybridized carbons (Fsp3) is 0.222. The Morgan fingerprint density at radius 2 is 1.80 bits per heavy atom. The summed E-state index contributed by atoms with van der Waals surface area (Å²) in [5.41, 5.74) is 1.16. The van der Waals surface area contributed by atoms with Gasteiger partial charge in [-0.15, -0.1) is 0 Å². The second kappa shape index (κ2) is 5.93. The van der Waals surface area contributed by atoms with E-state index in [2.05, 4.69) is 66.8 Å². The maximum Gasteiger partial charge on any atom is 0.134 e. The predicted octanol–water partition coefficient (Wildman–Crippen LogP) is 4.60. The molecular formula is C18H19NO. The molecule has 0 spiro atoms. The number of nitrogens with one attached hydrogen (secondary N) is 1. The van der Waals surface area contributed by atoms with Crippen LogP contribution in [0.25, 0.3) is 22.1 Å². The van der Waals surface area contributed by atoms with Gasteiger partial charge in [0.05, 0.1) is 6.54 Å². The highest BCUT2D eigenvalue weighted by Gasteiger charge is 2.07. The zero-order valence-corrected chi connectivity index (χ0v) is 11.7. The summed E-state index contributed by atoms with van der Waals surface area (Å²) in [7, 11) is 0. The lowest BCUT2D eigenvalue weighted by molar-refractivity contribution is 0.494. The summed E-state index contributed by atoms with van der Waals surface area (Å²) in [5.74, 6) is 1.93. The first kappa shape index (κ1) is 12.9. The number of furan rings is 1. The van der Waals surface area contributed by atoms with Gasteiger partial charge in [0, 0.05) is 5.56 Å². The molecule has 2 nitrogen and oxygen atoms in total. The number of fused-ring (bicyclic) bond motifs is 1. The molecule has 0 saturated carbocycles. The molecule has 102 valence electrons. The van der Waals surface area contributed by atoms with Crippen molar-refractivity contribution in [3.63, 3.8) is 0 Å². The molecule has 3 aromatic rings. The van der Waals surface area contributed by atoms with Gasteiger partial charge in [-0.1, -0.05) is 49.4 Å². The molecule has 2 heteroatoms. The van der Waals surface area contributed by atoms with E-state index in [0.717, 1.165) is 36.6 Å². The standard InChI is InChI=1S/C18H19NO/c1-2-12-19-13-15-10-11-18(20-15)17-9-5-7-14-6-3-4-8-16(14)17/h3-11,19H,2,12-13H2,1H3. The first-order chi connectivity index (χ1) is 9.88. The zero-order chi connectivity index (χ0) is 13.8. The Kier molecular flexibility index (Phi) is 3.84. The van der Waals surface area contributed by atoms with Crippen molar-refractivity contribution >= 4 is 10.8 Å². The number of hydrogen-bond donors (Lipinski definition) is 1. The Morgan fingerprint density at radius 1 is 0.950 bits per heavy atom. The predicted molar refractivity (Wildman–Crippen MR) is 83.6 cm³/mol.